The van der Waals surface area contributed by atoms with Gasteiger partial charge in [0, 0.05) is 10.5 Å². The molecular formula is C14H16BrNS. The zero-order valence-electron chi connectivity index (χ0n) is 9.82. The molecule has 0 saturated carbocycles. The molecular weight excluding hydrogens is 294 g/mol. The summed E-state index contributed by atoms with van der Waals surface area (Å²) in [5, 5.41) is 7.77. The van der Waals surface area contributed by atoms with Crippen LogP contribution in [0.5, 0.6) is 0 Å². The van der Waals surface area contributed by atoms with Crippen LogP contribution in [0.3, 0.4) is 0 Å². The van der Waals surface area contributed by atoms with E-state index in [4.69, 9.17) is 0 Å². The lowest BCUT2D eigenvalue weighted by Crippen LogP contribution is -2.29. The van der Waals surface area contributed by atoms with Gasteiger partial charge in [0.15, 0.2) is 0 Å². The van der Waals surface area contributed by atoms with Gasteiger partial charge in [0.2, 0.25) is 0 Å². The van der Waals surface area contributed by atoms with Crippen LogP contribution in [0, 0.1) is 0 Å². The molecule has 1 unspecified atom stereocenters. The first kappa shape index (κ1) is 12.8. The minimum absolute atomic E-state index is 0.499. The Balaban J connectivity index is 2.00. The van der Waals surface area contributed by atoms with Gasteiger partial charge in [0.1, 0.15) is 0 Å². The predicted molar refractivity (Wildman–Crippen MR) is 78.7 cm³/mol. The Bertz CT molecular complexity index is 453. The summed E-state index contributed by atoms with van der Waals surface area (Å²) in [5.41, 5.74) is 2.79. The largest absolute Gasteiger partial charge is 0.316 e. The van der Waals surface area contributed by atoms with Gasteiger partial charge in [-0.1, -0.05) is 28.1 Å². The molecule has 0 amide bonds. The number of rotatable bonds is 5. The van der Waals surface area contributed by atoms with Gasteiger partial charge in [-0.2, -0.15) is 11.3 Å². The first-order valence-corrected chi connectivity index (χ1v) is 7.44. The molecule has 3 heteroatoms. The summed E-state index contributed by atoms with van der Waals surface area (Å²) in [7, 11) is 2.04. The van der Waals surface area contributed by atoms with Crippen molar-refractivity contribution in [3.05, 3.63) is 56.7 Å². The van der Waals surface area contributed by atoms with Crippen molar-refractivity contribution in [1.82, 2.24) is 5.32 Å². The highest BCUT2D eigenvalue weighted by Gasteiger charge is 2.08. The topological polar surface area (TPSA) is 12.0 Å². The molecule has 0 radical (unpaired) electrons. The number of hydrogen-bond donors (Lipinski definition) is 1. The Kier molecular flexibility index (Phi) is 4.77. The van der Waals surface area contributed by atoms with E-state index in [9.17, 15) is 0 Å². The van der Waals surface area contributed by atoms with Crippen molar-refractivity contribution in [2.45, 2.75) is 18.9 Å². The highest BCUT2D eigenvalue weighted by atomic mass is 79.9. The molecule has 1 aromatic heterocycles. The van der Waals surface area contributed by atoms with Crippen molar-refractivity contribution in [3.63, 3.8) is 0 Å². The van der Waals surface area contributed by atoms with E-state index < -0.39 is 0 Å². The van der Waals surface area contributed by atoms with Crippen LogP contribution in [-0.2, 0) is 12.8 Å². The summed E-state index contributed by atoms with van der Waals surface area (Å²) in [4.78, 5) is 0. The highest BCUT2D eigenvalue weighted by molar-refractivity contribution is 9.10. The van der Waals surface area contributed by atoms with Gasteiger partial charge in [0.25, 0.3) is 0 Å². The van der Waals surface area contributed by atoms with Gasteiger partial charge in [-0.15, -0.1) is 0 Å². The van der Waals surface area contributed by atoms with Gasteiger partial charge in [0.05, 0.1) is 0 Å². The van der Waals surface area contributed by atoms with Gasteiger partial charge < -0.3 is 5.32 Å². The molecule has 0 bridgehead atoms. The second-order valence-electron chi connectivity index (χ2n) is 4.16. The second kappa shape index (κ2) is 6.34. The lowest BCUT2D eigenvalue weighted by atomic mass is 10.0. The van der Waals surface area contributed by atoms with Gasteiger partial charge >= 0.3 is 0 Å². The number of hydrogen-bond acceptors (Lipinski definition) is 2. The van der Waals surface area contributed by atoms with E-state index in [0.717, 1.165) is 17.3 Å². The summed E-state index contributed by atoms with van der Waals surface area (Å²) < 4.78 is 1.15. The van der Waals surface area contributed by atoms with Gasteiger partial charge in [-0.05, 0) is 60.0 Å². The predicted octanol–water partition coefficient (Wildman–Crippen LogP) is 3.88. The number of benzene rings is 1. The van der Waals surface area contributed by atoms with E-state index in [-0.39, 0.29) is 0 Å². The standard InChI is InChI=1S/C14H16BrNS/c1-16-14(9-12-5-6-17-10-12)8-11-3-2-4-13(15)7-11/h2-7,10,14,16H,8-9H2,1H3. The molecule has 90 valence electrons. The SMILES string of the molecule is CNC(Cc1ccsc1)Cc1cccc(Br)c1. The van der Waals surface area contributed by atoms with Crippen LogP contribution in [0.25, 0.3) is 0 Å². The fourth-order valence-corrected chi connectivity index (χ4v) is 3.05. The number of nitrogens with one attached hydrogen (secondary N) is 1. The van der Waals surface area contributed by atoms with Crippen LogP contribution in [-0.4, -0.2) is 13.1 Å². The number of thiophene rings is 1. The Hall–Kier alpha value is -0.640. The lowest BCUT2D eigenvalue weighted by Gasteiger charge is -2.15. The smallest absolute Gasteiger partial charge is 0.0178 e. The van der Waals surface area contributed by atoms with Crippen molar-refractivity contribution in [2.24, 2.45) is 0 Å². The van der Waals surface area contributed by atoms with Crippen LogP contribution in [0.15, 0.2) is 45.6 Å². The van der Waals surface area contributed by atoms with Crippen molar-refractivity contribution in [3.8, 4) is 0 Å². The fourth-order valence-electron chi connectivity index (χ4n) is 1.92. The van der Waals surface area contributed by atoms with Crippen LogP contribution in [0.4, 0.5) is 0 Å². The zero-order valence-corrected chi connectivity index (χ0v) is 12.2. The van der Waals surface area contributed by atoms with Crippen LogP contribution >= 0.6 is 27.3 Å². The van der Waals surface area contributed by atoms with E-state index in [1.165, 1.54) is 11.1 Å². The maximum atomic E-state index is 3.52. The van der Waals surface area contributed by atoms with Crippen LogP contribution in [0.2, 0.25) is 0 Å². The van der Waals surface area contributed by atoms with Crippen LogP contribution in [0.1, 0.15) is 11.1 Å². The maximum absolute atomic E-state index is 3.52. The van der Waals surface area contributed by atoms with Gasteiger partial charge in [-0.25, -0.2) is 0 Å². The molecule has 2 aromatic rings. The van der Waals surface area contributed by atoms with E-state index in [0.29, 0.717) is 6.04 Å². The molecule has 1 N–H and O–H groups in total. The number of likely N-dealkylation sites (N-methyl/N-ethyl adjacent to an activating group) is 1. The first-order valence-electron chi connectivity index (χ1n) is 5.70. The van der Waals surface area contributed by atoms with Crippen molar-refractivity contribution in [2.75, 3.05) is 7.05 Å². The summed E-state index contributed by atoms with van der Waals surface area (Å²) >= 11 is 5.28. The third kappa shape index (κ3) is 3.95. The molecule has 1 heterocycles. The molecule has 1 aromatic carbocycles. The lowest BCUT2D eigenvalue weighted by molar-refractivity contribution is 0.557. The van der Waals surface area contributed by atoms with E-state index in [2.05, 4.69) is 62.3 Å². The Morgan fingerprint density at radius 3 is 2.71 bits per heavy atom. The normalized spacial score (nSPS) is 12.6. The molecule has 0 fully saturated rings. The molecule has 1 nitrogen and oxygen atoms in total. The van der Waals surface area contributed by atoms with E-state index in [1.54, 1.807) is 11.3 Å². The summed E-state index contributed by atoms with van der Waals surface area (Å²) in [6, 6.07) is 11.2. The molecule has 0 aliphatic carbocycles. The molecule has 2 rings (SSSR count). The second-order valence-corrected chi connectivity index (χ2v) is 5.85. The first-order chi connectivity index (χ1) is 8.28. The summed E-state index contributed by atoms with van der Waals surface area (Å²) in [6.45, 7) is 0. The Morgan fingerprint density at radius 1 is 1.24 bits per heavy atom. The average molecular weight is 310 g/mol. The minimum atomic E-state index is 0.499. The molecule has 17 heavy (non-hydrogen) atoms. The third-order valence-corrected chi connectivity index (χ3v) is 4.07. The van der Waals surface area contributed by atoms with Gasteiger partial charge in [-0.3, -0.25) is 0 Å². The van der Waals surface area contributed by atoms with Crippen molar-refractivity contribution >= 4 is 27.3 Å². The third-order valence-electron chi connectivity index (χ3n) is 2.84. The van der Waals surface area contributed by atoms with E-state index >= 15 is 0 Å². The van der Waals surface area contributed by atoms with Crippen molar-refractivity contribution in [1.29, 1.82) is 0 Å². The van der Waals surface area contributed by atoms with Crippen molar-refractivity contribution < 1.29 is 0 Å². The highest BCUT2D eigenvalue weighted by Crippen LogP contribution is 2.15. The molecule has 0 saturated heterocycles. The summed E-state index contributed by atoms with van der Waals surface area (Å²) in [5.74, 6) is 0. The minimum Gasteiger partial charge on any atom is -0.316 e. The van der Waals surface area contributed by atoms with Crippen LogP contribution < -0.4 is 5.32 Å². The average Bonchev–Trinajstić information content (AvgIpc) is 2.81. The van der Waals surface area contributed by atoms with E-state index in [1.807, 2.05) is 7.05 Å². The molecule has 0 aliphatic rings. The summed E-state index contributed by atoms with van der Waals surface area (Å²) in [6.07, 6.45) is 2.15. The monoisotopic (exact) mass is 309 g/mol. The number of halogens is 1. The zero-order chi connectivity index (χ0) is 12.1. The molecule has 0 spiro atoms. The molecule has 0 aliphatic heterocycles. The quantitative estimate of drug-likeness (QED) is 0.883. The maximum Gasteiger partial charge on any atom is 0.0178 e. The molecule has 1 atom stereocenters. The Morgan fingerprint density at radius 2 is 2.06 bits per heavy atom. The fraction of sp³-hybridized carbons (Fsp3) is 0.286. The Labute approximate surface area is 115 Å².